The van der Waals surface area contributed by atoms with Crippen LogP contribution in [0.5, 0.6) is 0 Å². The predicted molar refractivity (Wildman–Crippen MR) is 72.5 cm³/mol. The molecule has 0 unspecified atom stereocenters. The Morgan fingerprint density at radius 3 is 2.35 bits per heavy atom. The number of hydrogen-bond donors (Lipinski definition) is 2. The molecule has 6 heteroatoms. The fourth-order valence-corrected chi connectivity index (χ4v) is 1.59. The molecule has 20 heavy (non-hydrogen) atoms. The average Bonchev–Trinajstić information content (AvgIpc) is 2.38. The van der Waals surface area contributed by atoms with Crippen LogP contribution >= 0.6 is 0 Å². The summed E-state index contributed by atoms with van der Waals surface area (Å²) < 4.78 is 37.1. The minimum absolute atomic E-state index is 0.0575. The molecule has 1 amide bonds. The van der Waals surface area contributed by atoms with E-state index in [-0.39, 0.29) is 5.91 Å². The highest BCUT2D eigenvalue weighted by molar-refractivity contribution is 5.76. The number of anilines is 1. The molecule has 0 radical (unpaired) electrons. The third-order valence-corrected chi connectivity index (χ3v) is 2.75. The van der Waals surface area contributed by atoms with E-state index in [0.717, 1.165) is 25.0 Å². The van der Waals surface area contributed by atoms with E-state index in [1.54, 1.807) is 0 Å². The molecule has 3 nitrogen and oxygen atoms in total. The first-order valence-corrected chi connectivity index (χ1v) is 6.61. The van der Waals surface area contributed by atoms with Gasteiger partial charge >= 0.3 is 6.18 Å². The van der Waals surface area contributed by atoms with Crippen LogP contribution in [0, 0.1) is 0 Å². The molecule has 0 spiro atoms. The maximum atomic E-state index is 12.4. The van der Waals surface area contributed by atoms with Gasteiger partial charge in [0.05, 0.1) is 5.56 Å². The first-order valence-electron chi connectivity index (χ1n) is 6.61. The zero-order chi connectivity index (χ0) is 15.0. The van der Waals surface area contributed by atoms with E-state index in [0.29, 0.717) is 25.2 Å². The standard InChI is InChI=1S/C14H19F3N2O/c1-2-3-9-19-13(20)8-10-18-12-6-4-11(5-7-12)14(15,16)17/h4-7,18H,2-3,8-10H2,1H3,(H,19,20). The number of amides is 1. The summed E-state index contributed by atoms with van der Waals surface area (Å²) in [6, 6.07) is 4.75. The van der Waals surface area contributed by atoms with Crippen molar-refractivity contribution < 1.29 is 18.0 Å². The van der Waals surface area contributed by atoms with Gasteiger partial charge in [-0.3, -0.25) is 4.79 Å². The molecule has 1 rings (SSSR count). The number of nitrogens with one attached hydrogen (secondary N) is 2. The van der Waals surface area contributed by atoms with E-state index < -0.39 is 11.7 Å². The summed E-state index contributed by atoms with van der Waals surface area (Å²) in [4.78, 5) is 11.4. The van der Waals surface area contributed by atoms with Crippen molar-refractivity contribution in [2.24, 2.45) is 0 Å². The lowest BCUT2D eigenvalue weighted by Gasteiger charge is -2.09. The van der Waals surface area contributed by atoms with Gasteiger partial charge in [-0.2, -0.15) is 13.2 Å². The minimum atomic E-state index is -4.32. The normalized spacial score (nSPS) is 11.2. The molecule has 0 saturated heterocycles. The number of rotatable bonds is 7. The van der Waals surface area contributed by atoms with Crippen LogP contribution in [-0.4, -0.2) is 19.0 Å². The van der Waals surface area contributed by atoms with E-state index in [1.165, 1.54) is 12.1 Å². The van der Waals surface area contributed by atoms with Gasteiger partial charge in [0.1, 0.15) is 0 Å². The summed E-state index contributed by atoms with van der Waals surface area (Å²) in [6.07, 6.45) is -2.06. The molecule has 112 valence electrons. The monoisotopic (exact) mass is 288 g/mol. The van der Waals surface area contributed by atoms with Crippen LogP contribution in [0.15, 0.2) is 24.3 Å². The second-order valence-corrected chi connectivity index (χ2v) is 4.46. The highest BCUT2D eigenvalue weighted by atomic mass is 19.4. The largest absolute Gasteiger partial charge is 0.416 e. The van der Waals surface area contributed by atoms with Crippen molar-refractivity contribution in [3.63, 3.8) is 0 Å². The molecule has 1 aromatic carbocycles. The Balaban J connectivity index is 2.30. The molecule has 0 heterocycles. The Morgan fingerprint density at radius 2 is 1.80 bits per heavy atom. The third kappa shape index (κ3) is 5.95. The topological polar surface area (TPSA) is 41.1 Å². The number of alkyl halides is 3. The molecule has 0 atom stereocenters. The first-order chi connectivity index (χ1) is 9.43. The summed E-state index contributed by atoms with van der Waals surface area (Å²) in [6.45, 7) is 3.09. The third-order valence-electron chi connectivity index (χ3n) is 2.75. The van der Waals surface area contributed by atoms with E-state index in [1.807, 2.05) is 6.92 Å². The Bertz CT molecular complexity index is 415. The Labute approximate surface area is 116 Å². The van der Waals surface area contributed by atoms with Crippen LogP contribution in [0.4, 0.5) is 18.9 Å². The summed E-state index contributed by atoms with van der Waals surface area (Å²) in [7, 11) is 0. The van der Waals surface area contributed by atoms with E-state index in [2.05, 4.69) is 10.6 Å². The van der Waals surface area contributed by atoms with Crippen molar-refractivity contribution >= 4 is 11.6 Å². The average molecular weight is 288 g/mol. The second-order valence-electron chi connectivity index (χ2n) is 4.46. The van der Waals surface area contributed by atoms with Gasteiger partial charge in [0.2, 0.25) is 5.91 Å². The number of benzene rings is 1. The van der Waals surface area contributed by atoms with Crippen molar-refractivity contribution in [1.29, 1.82) is 0 Å². The van der Waals surface area contributed by atoms with E-state index >= 15 is 0 Å². The quantitative estimate of drug-likeness (QED) is 0.755. The van der Waals surface area contributed by atoms with Crippen LogP contribution in [0.25, 0.3) is 0 Å². The number of unbranched alkanes of at least 4 members (excludes halogenated alkanes) is 1. The first kappa shape index (κ1) is 16.3. The summed E-state index contributed by atoms with van der Waals surface area (Å²) >= 11 is 0. The van der Waals surface area contributed by atoms with Crippen molar-refractivity contribution in [3.8, 4) is 0 Å². The van der Waals surface area contributed by atoms with Gasteiger partial charge in [0.15, 0.2) is 0 Å². The van der Waals surface area contributed by atoms with Gasteiger partial charge < -0.3 is 10.6 Å². The molecule has 0 aliphatic rings. The smallest absolute Gasteiger partial charge is 0.385 e. The maximum absolute atomic E-state index is 12.4. The number of halogens is 3. The molecule has 0 aliphatic heterocycles. The Kier molecular flexibility index (Phi) is 6.35. The van der Waals surface area contributed by atoms with Gasteiger partial charge in [-0.25, -0.2) is 0 Å². The fraction of sp³-hybridized carbons (Fsp3) is 0.500. The lowest BCUT2D eigenvalue weighted by Crippen LogP contribution is -2.26. The van der Waals surface area contributed by atoms with Crippen molar-refractivity contribution in [2.75, 3.05) is 18.4 Å². The van der Waals surface area contributed by atoms with Crippen LogP contribution in [0.2, 0.25) is 0 Å². The summed E-state index contributed by atoms with van der Waals surface area (Å²) in [5, 5.41) is 5.69. The number of carbonyl (C=O) groups excluding carboxylic acids is 1. The minimum Gasteiger partial charge on any atom is -0.385 e. The highest BCUT2D eigenvalue weighted by Gasteiger charge is 2.29. The van der Waals surface area contributed by atoms with Gasteiger partial charge in [0.25, 0.3) is 0 Å². The SMILES string of the molecule is CCCCNC(=O)CCNc1ccc(C(F)(F)F)cc1. The molecule has 0 fully saturated rings. The lowest BCUT2D eigenvalue weighted by atomic mass is 10.2. The molecule has 1 aromatic rings. The van der Waals surface area contributed by atoms with Gasteiger partial charge in [-0.05, 0) is 30.7 Å². The molecular weight excluding hydrogens is 269 g/mol. The van der Waals surface area contributed by atoms with Crippen LogP contribution in [0.3, 0.4) is 0 Å². The molecule has 0 saturated carbocycles. The second kappa shape index (κ2) is 7.77. The Morgan fingerprint density at radius 1 is 1.15 bits per heavy atom. The zero-order valence-corrected chi connectivity index (χ0v) is 11.4. The zero-order valence-electron chi connectivity index (χ0n) is 11.4. The van der Waals surface area contributed by atoms with Crippen molar-refractivity contribution in [3.05, 3.63) is 29.8 Å². The summed E-state index contributed by atoms with van der Waals surface area (Å²) in [5.74, 6) is -0.0575. The molecule has 0 aliphatic carbocycles. The molecule has 2 N–H and O–H groups in total. The van der Waals surface area contributed by atoms with Crippen LogP contribution < -0.4 is 10.6 Å². The van der Waals surface area contributed by atoms with Crippen molar-refractivity contribution in [1.82, 2.24) is 5.32 Å². The van der Waals surface area contributed by atoms with E-state index in [4.69, 9.17) is 0 Å². The number of carbonyl (C=O) groups is 1. The Hall–Kier alpha value is -1.72. The molecule has 0 aromatic heterocycles. The van der Waals surface area contributed by atoms with Crippen LogP contribution in [0.1, 0.15) is 31.7 Å². The van der Waals surface area contributed by atoms with E-state index in [9.17, 15) is 18.0 Å². The predicted octanol–water partition coefficient (Wildman–Crippen LogP) is 3.42. The van der Waals surface area contributed by atoms with Gasteiger partial charge in [0, 0.05) is 25.2 Å². The highest BCUT2D eigenvalue weighted by Crippen LogP contribution is 2.29. The molecular formula is C14H19F3N2O. The van der Waals surface area contributed by atoms with Gasteiger partial charge in [-0.15, -0.1) is 0 Å². The molecule has 0 bridgehead atoms. The fourth-order valence-electron chi connectivity index (χ4n) is 1.59. The maximum Gasteiger partial charge on any atom is 0.416 e. The summed E-state index contributed by atoms with van der Waals surface area (Å²) in [5.41, 5.74) is -0.111. The lowest BCUT2D eigenvalue weighted by molar-refractivity contribution is -0.137. The van der Waals surface area contributed by atoms with Crippen LogP contribution in [-0.2, 0) is 11.0 Å². The van der Waals surface area contributed by atoms with Gasteiger partial charge in [-0.1, -0.05) is 13.3 Å². The number of hydrogen-bond acceptors (Lipinski definition) is 2. The van der Waals surface area contributed by atoms with Crippen molar-refractivity contribution in [2.45, 2.75) is 32.4 Å².